The first-order chi connectivity index (χ1) is 8.77. The highest BCUT2D eigenvalue weighted by atomic mass is 79.9. The Hall–Kier alpha value is -0.0200. The Morgan fingerprint density at radius 2 is 1.74 bits per heavy atom. The van der Waals surface area contributed by atoms with Crippen molar-refractivity contribution in [2.24, 2.45) is 11.3 Å². The van der Waals surface area contributed by atoms with E-state index >= 15 is 0 Å². The number of hydrogen-bond acceptors (Lipinski definition) is 1. The summed E-state index contributed by atoms with van der Waals surface area (Å²) in [5, 5.41) is 3.74. The lowest BCUT2D eigenvalue weighted by Gasteiger charge is -2.40. The SMILES string of the molecule is Cc1cc(Br)c(NC2CC(C)CC(C)(C)C2)c(Br)c1. The van der Waals surface area contributed by atoms with E-state index in [9.17, 15) is 0 Å². The second-order valence-corrected chi connectivity index (χ2v) is 8.57. The molecule has 0 bridgehead atoms. The molecule has 0 heterocycles. The van der Waals surface area contributed by atoms with Gasteiger partial charge in [0.25, 0.3) is 0 Å². The van der Waals surface area contributed by atoms with Crippen molar-refractivity contribution >= 4 is 37.5 Å². The van der Waals surface area contributed by atoms with Gasteiger partial charge in [0.1, 0.15) is 0 Å². The van der Waals surface area contributed by atoms with Crippen LogP contribution in [0.1, 0.15) is 45.6 Å². The molecule has 0 saturated heterocycles. The molecule has 1 aromatic rings. The molecule has 1 aliphatic carbocycles. The Labute approximate surface area is 133 Å². The van der Waals surface area contributed by atoms with E-state index in [0.29, 0.717) is 11.5 Å². The van der Waals surface area contributed by atoms with Gasteiger partial charge in [-0.3, -0.25) is 0 Å². The Morgan fingerprint density at radius 1 is 1.16 bits per heavy atom. The number of aryl methyl sites for hydroxylation is 1. The number of nitrogens with one attached hydrogen (secondary N) is 1. The molecule has 3 heteroatoms. The van der Waals surface area contributed by atoms with E-state index in [1.807, 2.05) is 0 Å². The summed E-state index contributed by atoms with van der Waals surface area (Å²) in [5.74, 6) is 0.796. The molecule has 2 rings (SSSR count). The molecule has 0 radical (unpaired) electrons. The molecule has 1 nitrogen and oxygen atoms in total. The average Bonchev–Trinajstić information content (AvgIpc) is 2.20. The zero-order valence-corrected chi connectivity index (χ0v) is 15.4. The molecule has 1 N–H and O–H groups in total. The number of benzene rings is 1. The van der Waals surface area contributed by atoms with Crippen molar-refractivity contribution in [1.29, 1.82) is 0 Å². The first-order valence-corrected chi connectivity index (χ1v) is 8.57. The van der Waals surface area contributed by atoms with Gasteiger partial charge in [0.2, 0.25) is 0 Å². The molecule has 2 atom stereocenters. The highest BCUT2D eigenvalue weighted by Gasteiger charge is 2.32. The number of hydrogen-bond donors (Lipinski definition) is 1. The highest BCUT2D eigenvalue weighted by molar-refractivity contribution is 9.11. The third kappa shape index (κ3) is 3.98. The van der Waals surface area contributed by atoms with Gasteiger partial charge in [0.15, 0.2) is 0 Å². The average molecular weight is 389 g/mol. The summed E-state index contributed by atoms with van der Waals surface area (Å²) >= 11 is 7.35. The maximum Gasteiger partial charge on any atom is 0.0631 e. The van der Waals surface area contributed by atoms with Crippen LogP contribution in [0.3, 0.4) is 0 Å². The summed E-state index contributed by atoms with van der Waals surface area (Å²) in [6.07, 6.45) is 3.84. The topological polar surface area (TPSA) is 12.0 Å². The number of halogens is 2. The van der Waals surface area contributed by atoms with Gasteiger partial charge < -0.3 is 5.32 Å². The number of anilines is 1. The van der Waals surface area contributed by atoms with E-state index in [1.54, 1.807) is 0 Å². The monoisotopic (exact) mass is 387 g/mol. The summed E-state index contributed by atoms with van der Waals surface area (Å²) < 4.78 is 2.30. The van der Waals surface area contributed by atoms with Gasteiger partial charge in [0, 0.05) is 15.0 Å². The van der Waals surface area contributed by atoms with E-state index in [2.05, 4.69) is 77.0 Å². The van der Waals surface area contributed by atoms with Crippen molar-refractivity contribution in [2.45, 2.75) is 53.0 Å². The summed E-state index contributed by atoms with van der Waals surface area (Å²) in [5.41, 5.74) is 2.90. The molecule has 2 unspecified atom stereocenters. The molecule has 0 amide bonds. The minimum absolute atomic E-state index is 0.443. The summed E-state index contributed by atoms with van der Waals surface area (Å²) in [7, 11) is 0. The molecule has 1 aromatic carbocycles. The largest absolute Gasteiger partial charge is 0.380 e. The molecular weight excluding hydrogens is 366 g/mol. The van der Waals surface area contributed by atoms with Crippen LogP contribution < -0.4 is 5.32 Å². The van der Waals surface area contributed by atoms with Gasteiger partial charge in [-0.2, -0.15) is 0 Å². The van der Waals surface area contributed by atoms with Gasteiger partial charge in [-0.05, 0) is 87.1 Å². The van der Waals surface area contributed by atoms with Crippen LogP contribution in [0.5, 0.6) is 0 Å². The lowest BCUT2D eigenvalue weighted by molar-refractivity contribution is 0.178. The Balaban J connectivity index is 2.17. The maximum absolute atomic E-state index is 3.74. The van der Waals surface area contributed by atoms with Crippen molar-refractivity contribution in [1.82, 2.24) is 0 Å². The highest BCUT2D eigenvalue weighted by Crippen LogP contribution is 2.41. The first-order valence-electron chi connectivity index (χ1n) is 6.99. The van der Waals surface area contributed by atoms with Crippen LogP contribution in [-0.2, 0) is 0 Å². The van der Waals surface area contributed by atoms with Crippen LogP contribution in [0.15, 0.2) is 21.1 Å². The predicted molar refractivity (Wildman–Crippen MR) is 90.8 cm³/mol. The van der Waals surface area contributed by atoms with Gasteiger partial charge in [-0.1, -0.05) is 20.8 Å². The molecule has 0 aromatic heterocycles. The maximum atomic E-state index is 3.74. The minimum Gasteiger partial charge on any atom is -0.380 e. The van der Waals surface area contributed by atoms with Crippen LogP contribution in [0.2, 0.25) is 0 Å². The molecule has 0 spiro atoms. The summed E-state index contributed by atoms with van der Waals surface area (Å²) in [6, 6.07) is 4.91. The predicted octanol–water partition coefficient (Wildman–Crippen LogP) is 6.15. The van der Waals surface area contributed by atoms with E-state index < -0.39 is 0 Å². The molecule has 1 aliphatic rings. The normalized spacial score (nSPS) is 26.2. The van der Waals surface area contributed by atoms with E-state index in [4.69, 9.17) is 0 Å². The van der Waals surface area contributed by atoms with Crippen molar-refractivity contribution in [2.75, 3.05) is 5.32 Å². The van der Waals surface area contributed by atoms with Crippen molar-refractivity contribution in [3.05, 3.63) is 26.6 Å². The minimum atomic E-state index is 0.443. The van der Waals surface area contributed by atoms with Crippen LogP contribution >= 0.6 is 31.9 Å². The fourth-order valence-electron chi connectivity index (χ4n) is 3.50. The van der Waals surface area contributed by atoms with Crippen LogP contribution in [0.25, 0.3) is 0 Å². The molecule has 19 heavy (non-hydrogen) atoms. The quantitative estimate of drug-likeness (QED) is 0.640. The first kappa shape index (κ1) is 15.4. The van der Waals surface area contributed by atoms with Gasteiger partial charge in [-0.25, -0.2) is 0 Å². The third-order valence-electron chi connectivity index (χ3n) is 3.92. The Bertz CT molecular complexity index is 445. The van der Waals surface area contributed by atoms with E-state index in [-0.39, 0.29) is 0 Å². The van der Waals surface area contributed by atoms with Crippen molar-refractivity contribution in [3.63, 3.8) is 0 Å². The van der Waals surface area contributed by atoms with Crippen molar-refractivity contribution < 1.29 is 0 Å². The van der Waals surface area contributed by atoms with Crippen molar-refractivity contribution in [3.8, 4) is 0 Å². The van der Waals surface area contributed by atoms with Gasteiger partial charge in [-0.15, -0.1) is 0 Å². The molecular formula is C16H23Br2N. The second-order valence-electron chi connectivity index (χ2n) is 6.86. The Kier molecular flexibility index (Phi) is 4.67. The lowest BCUT2D eigenvalue weighted by atomic mass is 9.70. The van der Waals surface area contributed by atoms with Crippen LogP contribution in [0, 0.1) is 18.3 Å². The number of rotatable bonds is 2. The summed E-state index contributed by atoms with van der Waals surface area (Å²) in [4.78, 5) is 0. The van der Waals surface area contributed by atoms with Crippen LogP contribution in [0.4, 0.5) is 5.69 Å². The van der Waals surface area contributed by atoms with Gasteiger partial charge >= 0.3 is 0 Å². The van der Waals surface area contributed by atoms with E-state index in [0.717, 1.165) is 14.9 Å². The lowest BCUT2D eigenvalue weighted by Crippen LogP contribution is -2.35. The second kappa shape index (κ2) is 5.77. The van der Waals surface area contributed by atoms with E-state index in [1.165, 1.54) is 30.5 Å². The Morgan fingerprint density at radius 3 is 2.26 bits per heavy atom. The molecule has 1 fully saturated rings. The zero-order valence-electron chi connectivity index (χ0n) is 12.2. The van der Waals surface area contributed by atoms with Gasteiger partial charge in [0.05, 0.1) is 5.69 Å². The summed E-state index contributed by atoms with van der Waals surface area (Å²) in [6.45, 7) is 9.26. The zero-order chi connectivity index (χ0) is 14.2. The molecule has 0 aliphatic heterocycles. The molecule has 1 saturated carbocycles. The smallest absolute Gasteiger partial charge is 0.0631 e. The van der Waals surface area contributed by atoms with Crippen LogP contribution in [-0.4, -0.2) is 6.04 Å². The molecule has 106 valence electrons. The standard InChI is InChI=1S/C16H23Br2N/c1-10-6-13(17)15(14(18)7-10)19-12-5-11(2)8-16(3,4)9-12/h6-7,11-12,19H,5,8-9H2,1-4H3. The fraction of sp³-hybridized carbons (Fsp3) is 0.625. The third-order valence-corrected chi connectivity index (χ3v) is 5.17. The fourth-order valence-corrected chi connectivity index (χ4v) is 5.14.